The second-order valence-corrected chi connectivity index (χ2v) is 6.43. The summed E-state index contributed by atoms with van der Waals surface area (Å²) in [5.74, 6) is 0.437. The third-order valence-corrected chi connectivity index (χ3v) is 4.47. The van der Waals surface area contributed by atoms with E-state index in [0.29, 0.717) is 24.3 Å². The van der Waals surface area contributed by atoms with Crippen LogP contribution in [0.2, 0.25) is 0 Å². The van der Waals surface area contributed by atoms with Gasteiger partial charge in [0.05, 0.1) is 11.6 Å². The van der Waals surface area contributed by atoms with Gasteiger partial charge in [-0.25, -0.2) is 0 Å². The Morgan fingerprint density at radius 1 is 1.42 bits per heavy atom. The SMILES string of the molecule is CCCC(NC(=O)CCC1CCNC1)c1cccc(C(F)(F)F)c1. The Bertz CT molecular complexity index is 539. The monoisotopic (exact) mass is 342 g/mol. The summed E-state index contributed by atoms with van der Waals surface area (Å²) in [6.45, 7) is 3.89. The molecule has 1 aromatic rings. The molecular weight excluding hydrogens is 317 g/mol. The highest BCUT2D eigenvalue weighted by molar-refractivity contribution is 5.76. The Labute approximate surface area is 141 Å². The highest BCUT2D eigenvalue weighted by Crippen LogP contribution is 2.31. The highest BCUT2D eigenvalue weighted by atomic mass is 19.4. The third kappa shape index (κ3) is 5.51. The van der Waals surface area contributed by atoms with Gasteiger partial charge in [0, 0.05) is 6.42 Å². The van der Waals surface area contributed by atoms with Gasteiger partial charge >= 0.3 is 6.18 Å². The minimum atomic E-state index is -4.37. The van der Waals surface area contributed by atoms with Gasteiger partial charge < -0.3 is 10.6 Å². The number of alkyl halides is 3. The molecule has 1 fully saturated rings. The van der Waals surface area contributed by atoms with E-state index in [1.54, 1.807) is 6.07 Å². The Hall–Kier alpha value is -1.56. The standard InChI is InChI=1S/C18H25F3N2O/c1-2-4-16(14-5-3-6-15(11-14)18(19,20)21)23-17(24)8-7-13-9-10-22-12-13/h3,5-6,11,13,16,22H,2,4,7-10,12H2,1H3,(H,23,24). The smallest absolute Gasteiger partial charge is 0.349 e. The maximum Gasteiger partial charge on any atom is 0.416 e. The van der Waals surface area contributed by atoms with Crippen molar-refractivity contribution in [1.29, 1.82) is 0 Å². The van der Waals surface area contributed by atoms with Crippen LogP contribution in [0.1, 0.15) is 56.2 Å². The summed E-state index contributed by atoms with van der Waals surface area (Å²) in [4.78, 5) is 12.2. The summed E-state index contributed by atoms with van der Waals surface area (Å²) in [7, 11) is 0. The summed E-state index contributed by atoms with van der Waals surface area (Å²) >= 11 is 0. The van der Waals surface area contributed by atoms with Gasteiger partial charge in [0.1, 0.15) is 0 Å². The lowest BCUT2D eigenvalue weighted by molar-refractivity contribution is -0.137. The summed E-state index contributed by atoms with van der Waals surface area (Å²) in [6, 6.07) is 4.88. The van der Waals surface area contributed by atoms with E-state index < -0.39 is 11.7 Å². The van der Waals surface area contributed by atoms with Gasteiger partial charge in [0.25, 0.3) is 0 Å². The third-order valence-electron chi connectivity index (χ3n) is 4.47. The molecule has 2 unspecified atom stereocenters. The maximum absolute atomic E-state index is 12.9. The molecule has 0 bridgehead atoms. The Kier molecular flexibility index (Phi) is 6.66. The zero-order chi connectivity index (χ0) is 17.6. The van der Waals surface area contributed by atoms with E-state index in [4.69, 9.17) is 0 Å². The number of halogens is 3. The van der Waals surface area contributed by atoms with E-state index >= 15 is 0 Å². The van der Waals surface area contributed by atoms with Crippen molar-refractivity contribution < 1.29 is 18.0 Å². The second-order valence-electron chi connectivity index (χ2n) is 6.43. The Morgan fingerprint density at radius 3 is 2.83 bits per heavy atom. The summed E-state index contributed by atoms with van der Waals surface area (Å²) < 4.78 is 38.6. The normalized spacial score (nSPS) is 19.2. The van der Waals surface area contributed by atoms with E-state index in [9.17, 15) is 18.0 Å². The van der Waals surface area contributed by atoms with Gasteiger partial charge in [-0.3, -0.25) is 4.79 Å². The van der Waals surface area contributed by atoms with Crippen LogP contribution in [0.25, 0.3) is 0 Å². The summed E-state index contributed by atoms with van der Waals surface area (Å²) in [6.07, 6.45) is -0.636. The van der Waals surface area contributed by atoms with Gasteiger partial charge in [0.15, 0.2) is 0 Å². The largest absolute Gasteiger partial charge is 0.416 e. The lowest BCUT2D eigenvalue weighted by Crippen LogP contribution is -2.29. The van der Waals surface area contributed by atoms with E-state index in [1.165, 1.54) is 6.07 Å². The zero-order valence-electron chi connectivity index (χ0n) is 14.0. The molecule has 0 radical (unpaired) electrons. The van der Waals surface area contributed by atoms with Crippen LogP contribution in [0.4, 0.5) is 13.2 Å². The van der Waals surface area contributed by atoms with Crippen molar-refractivity contribution >= 4 is 5.91 Å². The molecule has 2 atom stereocenters. The molecular formula is C18H25F3N2O. The van der Waals surface area contributed by atoms with E-state index in [0.717, 1.165) is 44.5 Å². The Morgan fingerprint density at radius 2 is 2.21 bits per heavy atom. The van der Waals surface area contributed by atoms with Crippen LogP contribution in [0.5, 0.6) is 0 Å². The molecule has 0 spiro atoms. The van der Waals surface area contributed by atoms with Crippen LogP contribution in [0, 0.1) is 5.92 Å². The number of rotatable bonds is 7. The molecule has 2 rings (SSSR count). The predicted octanol–water partition coefficient (Wildman–Crippen LogP) is 4.05. The van der Waals surface area contributed by atoms with Gasteiger partial charge in [-0.15, -0.1) is 0 Å². The number of amides is 1. The molecule has 1 amide bonds. The molecule has 1 heterocycles. The van der Waals surface area contributed by atoms with Crippen LogP contribution < -0.4 is 10.6 Å². The number of carbonyl (C=O) groups excluding carboxylic acids is 1. The summed E-state index contributed by atoms with van der Waals surface area (Å²) in [5, 5.41) is 6.18. The zero-order valence-corrected chi connectivity index (χ0v) is 14.0. The van der Waals surface area contributed by atoms with Crippen LogP contribution in [-0.2, 0) is 11.0 Å². The fourth-order valence-corrected chi connectivity index (χ4v) is 3.11. The molecule has 0 saturated carbocycles. The molecule has 1 aromatic carbocycles. The molecule has 0 aliphatic carbocycles. The van der Waals surface area contributed by atoms with Crippen LogP contribution >= 0.6 is 0 Å². The van der Waals surface area contributed by atoms with Gasteiger partial charge in [-0.05, 0) is 56.0 Å². The molecule has 1 saturated heterocycles. The number of benzene rings is 1. The van der Waals surface area contributed by atoms with Crippen LogP contribution in [0.15, 0.2) is 24.3 Å². The predicted molar refractivity (Wildman–Crippen MR) is 87.4 cm³/mol. The van der Waals surface area contributed by atoms with Gasteiger partial charge in [-0.2, -0.15) is 13.2 Å². The van der Waals surface area contributed by atoms with Gasteiger partial charge in [0.2, 0.25) is 5.91 Å². The molecule has 0 aromatic heterocycles. The molecule has 1 aliphatic rings. The highest BCUT2D eigenvalue weighted by Gasteiger charge is 2.31. The van der Waals surface area contributed by atoms with Crippen molar-refractivity contribution in [3.05, 3.63) is 35.4 Å². The minimum Gasteiger partial charge on any atom is -0.349 e. The molecule has 3 nitrogen and oxygen atoms in total. The number of hydrogen-bond donors (Lipinski definition) is 2. The van der Waals surface area contributed by atoms with Crippen molar-refractivity contribution in [2.45, 2.75) is 51.2 Å². The lowest BCUT2D eigenvalue weighted by atomic mass is 9.98. The molecule has 2 N–H and O–H groups in total. The van der Waals surface area contributed by atoms with Crippen molar-refractivity contribution in [3.8, 4) is 0 Å². The average molecular weight is 342 g/mol. The fourth-order valence-electron chi connectivity index (χ4n) is 3.11. The van der Waals surface area contributed by atoms with Crippen LogP contribution in [-0.4, -0.2) is 19.0 Å². The van der Waals surface area contributed by atoms with Crippen molar-refractivity contribution in [2.24, 2.45) is 5.92 Å². The molecule has 134 valence electrons. The first-order valence-electron chi connectivity index (χ1n) is 8.57. The quantitative estimate of drug-likeness (QED) is 0.785. The minimum absolute atomic E-state index is 0.0854. The maximum atomic E-state index is 12.9. The topological polar surface area (TPSA) is 41.1 Å². The molecule has 24 heavy (non-hydrogen) atoms. The molecule has 6 heteroatoms. The van der Waals surface area contributed by atoms with E-state index in [-0.39, 0.29) is 11.9 Å². The average Bonchev–Trinajstić information content (AvgIpc) is 3.05. The van der Waals surface area contributed by atoms with E-state index in [2.05, 4.69) is 10.6 Å². The van der Waals surface area contributed by atoms with Crippen LogP contribution in [0.3, 0.4) is 0 Å². The molecule has 1 aliphatic heterocycles. The lowest BCUT2D eigenvalue weighted by Gasteiger charge is -2.20. The number of hydrogen-bond acceptors (Lipinski definition) is 2. The second kappa shape index (κ2) is 8.51. The van der Waals surface area contributed by atoms with Crippen molar-refractivity contribution in [3.63, 3.8) is 0 Å². The number of carbonyl (C=O) groups is 1. The fraction of sp³-hybridized carbons (Fsp3) is 0.611. The Balaban J connectivity index is 1.99. The van der Waals surface area contributed by atoms with E-state index in [1.807, 2.05) is 6.92 Å². The first-order valence-corrected chi connectivity index (χ1v) is 8.57. The van der Waals surface area contributed by atoms with Crippen molar-refractivity contribution in [1.82, 2.24) is 10.6 Å². The van der Waals surface area contributed by atoms with Gasteiger partial charge in [-0.1, -0.05) is 25.5 Å². The first-order chi connectivity index (χ1) is 11.4. The summed E-state index contributed by atoms with van der Waals surface area (Å²) in [5.41, 5.74) is -0.157. The number of nitrogens with one attached hydrogen (secondary N) is 2. The van der Waals surface area contributed by atoms with Crippen molar-refractivity contribution in [2.75, 3.05) is 13.1 Å². The first kappa shape index (κ1) is 18.8.